The van der Waals surface area contributed by atoms with Crippen molar-refractivity contribution in [1.29, 1.82) is 0 Å². The second kappa shape index (κ2) is 18.4. The molecule has 1 aliphatic heterocycles. The van der Waals surface area contributed by atoms with E-state index in [0.717, 1.165) is 19.3 Å². The van der Waals surface area contributed by atoms with Crippen LogP contribution in [-0.4, -0.2) is 9.13 Å². The zero-order valence-electron chi connectivity index (χ0n) is 40.2. The molecule has 7 aromatic carbocycles. The fourth-order valence-corrected chi connectivity index (χ4v) is 12.4. The van der Waals surface area contributed by atoms with Crippen molar-refractivity contribution < 1.29 is 0 Å². The van der Waals surface area contributed by atoms with E-state index in [2.05, 4.69) is 222 Å². The van der Waals surface area contributed by atoms with Crippen LogP contribution in [0, 0.1) is 6.92 Å². The molecule has 0 saturated carbocycles. The maximum atomic E-state index is 3.99. The van der Waals surface area contributed by atoms with Crippen LogP contribution in [0.1, 0.15) is 84.8 Å². The Bertz CT molecular complexity index is 3700. The normalized spacial score (nSPS) is 14.9. The summed E-state index contributed by atoms with van der Waals surface area (Å²) in [6.45, 7) is 14.2. The molecule has 0 bridgehead atoms. The average Bonchev–Trinajstić information content (AvgIpc) is 4.14. The predicted octanol–water partition coefficient (Wildman–Crippen LogP) is 18.6. The Hall–Kier alpha value is -7.66. The summed E-state index contributed by atoms with van der Waals surface area (Å²) in [4.78, 5) is 3.87. The van der Waals surface area contributed by atoms with Gasteiger partial charge in [-0.25, -0.2) is 0 Å². The van der Waals surface area contributed by atoms with E-state index in [0.29, 0.717) is 0 Å². The highest BCUT2D eigenvalue weighted by Gasteiger charge is 2.39. The maximum Gasteiger partial charge on any atom is 0.0590 e. The van der Waals surface area contributed by atoms with E-state index in [1.165, 1.54) is 121 Å². The van der Waals surface area contributed by atoms with Crippen molar-refractivity contribution in [3.05, 3.63) is 239 Å². The first-order chi connectivity index (χ1) is 34.1. The van der Waals surface area contributed by atoms with Crippen LogP contribution in [0.3, 0.4) is 0 Å². The number of fused-ring (bicyclic) bond motifs is 11. The van der Waals surface area contributed by atoms with Gasteiger partial charge in [-0.3, -0.25) is 0 Å². The molecule has 3 aromatic heterocycles. The van der Waals surface area contributed by atoms with Gasteiger partial charge < -0.3 is 14.0 Å². The average molecular weight is 912 g/mol. The number of thiophene rings is 1. The molecule has 13 rings (SSSR count). The van der Waals surface area contributed by atoms with E-state index in [4.69, 9.17) is 0 Å². The largest absolute Gasteiger partial charge is 0.313 e. The summed E-state index contributed by atoms with van der Waals surface area (Å²) >= 11 is 1.88. The van der Waals surface area contributed by atoms with Gasteiger partial charge in [0.2, 0.25) is 0 Å². The second-order valence-electron chi connectivity index (χ2n) is 17.6. The van der Waals surface area contributed by atoms with E-state index in [9.17, 15) is 0 Å². The molecule has 0 N–H and O–H groups in total. The highest BCUT2D eigenvalue weighted by Crippen LogP contribution is 2.57. The zero-order chi connectivity index (χ0) is 47.2. The van der Waals surface area contributed by atoms with Crippen LogP contribution >= 0.6 is 11.3 Å². The van der Waals surface area contributed by atoms with Crippen LogP contribution < -0.4 is 4.90 Å². The predicted molar refractivity (Wildman–Crippen MR) is 301 cm³/mol. The first-order valence-electron chi connectivity index (χ1n) is 24.8. The molecule has 0 saturated heterocycles. The van der Waals surface area contributed by atoms with Crippen molar-refractivity contribution in [2.75, 3.05) is 4.90 Å². The highest BCUT2D eigenvalue weighted by molar-refractivity contribution is 7.19. The summed E-state index contributed by atoms with van der Waals surface area (Å²) in [6, 6.07) is 60.4. The smallest absolute Gasteiger partial charge is 0.0590 e. The topological polar surface area (TPSA) is 13.1 Å². The van der Waals surface area contributed by atoms with Crippen LogP contribution in [0.2, 0.25) is 0 Å². The Morgan fingerprint density at radius 1 is 0.594 bits per heavy atom. The van der Waals surface area contributed by atoms with Gasteiger partial charge in [0.25, 0.3) is 0 Å². The van der Waals surface area contributed by atoms with Crippen LogP contribution in [0.5, 0.6) is 0 Å². The van der Waals surface area contributed by atoms with Crippen LogP contribution in [0.15, 0.2) is 200 Å². The zero-order valence-corrected chi connectivity index (χ0v) is 41.0. The Morgan fingerprint density at radius 2 is 1.26 bits per heavy atom. The molecular formula is C65H57N3S. The molecule has 10 aromatic rings. The number of para-hydroxylation sites is 4. The molecule has 0 spiro atoms. The molecular weight excluding hydrogens is 855 g/mol. The number of allylic oxidation sites excluding steroid dienone is 7. The van der Waals surface area contributed by atoms with Gasteiger partial charge in [-0.1, -0.05) is 156 Å². The molecule has 338 valence electrons. The van der Waals surface area contributed by atoms with E-state index in [1.807, 2.05) is 45.1 Å². The molecule has 0 fully saturated rings. The lowest BCUT2D eigenvalue weighted by Crippen LogP contribution is -2.15. The lowest BCUT2D eigenvalue weighted by molar-refractivity contribution is 0.832. The molecule has 3 aliphatic rings. The molecule has 0 amide bonds. The number of anilines is 2. The number of aryl methyl sites for hydroxylation is 2. The fourth-order valence-electron chi connectivity index (χ4n) is 11.3. The van der Waals surface area contributed by atoms with Gasteiger partial charge in [0.1, 0.15) is 0 Å². The SMILES string of the molecule is C=C/C=C\c1c(C)sc2ccc3c(c12)N(c1ccccc1)C1=CC=C(c2ccc4c(c2)c2c(n4-c4ccccc4)C=C(c4cccc5c4c4ccccc4n5-c4ccccc4)CC2)CC13.CC.CC. The first kappa shape index (κ1) is 43.9. The van der Waals surface area contributed by atoms with Gasteiger partial charge in [-0.15, -0.1) is 11.3 Å². The summed E-state index contributed by atoms with van der Waals surface area (Å²) in [5.74, 6) is 0.241. The monoisotopic (exact) mass is 911 g/mol. The van der Waals surface area contributed by atoms with Gasteiger partial charge in [-0.2, -0.15) is 0 Å². The minimum absolute atomic E-state index is 0.241. The molecule has 69 heavy (non-hydrogen) atoms. The minimum atomic E-state index is 0.241. The van der Waals surface area contributed by atoms with Crippen molar-refractivity contribution in [2.45, 2.75) is 59.8 Å². The van der Waals surface area contributed by atoms with Crippen molar-refractivity contribution in [2.24, 2.45) is 0 Å². The fraction of sp³-hybridized carbons (Fsp3) is 0.138. The number of rotatable bonds is 7. The van der Waals surface area contributed by atoms with E-state index in [1.54, 1.807) is 0 Å². The highest BCUT2D eigenvalue weighted by atomic mass is 32.1. The molecule has 0 radical (unpaired) electrons. The van der Waals surface area contributed by atoms with Gasteiger partial charge in [-0.05, 0) is 144 Å². The van der Waals surface area contributed by atoms with E-state index >= 15 is 0 Å². The number of nitrogens with zero attached hydrogens (tertiary/aromatic N) is 3. The van der Waals surface area contributed by atoms with Crippen molar-refractivity contribution in [3.8, 4) is 11.4 Å². The lowest BCUT2D eigenvalue weighted by Gasteiger charge is -2.27. The third kappa shape index (κ3) is 7.16. The van der Waals surface area contributed by atoms with Crippen molar-refractivity contribution in [3.63, 3.8) is 0 Å². The Labute approximate surface area is 410 Å². The quantitative estimate of drug-likeness (QED) is 0.145. The van der Waals surface area contributed by atoms with Gasteiger partial charge in [0, 0.05) is 59.8 Å². The third-order valence-corrected chi connectivity index (χ3v) is 15.2. The lowest BCUT2D eigenvalue weighted by atomic mass is 9.84. The summed E-state index contributed by atoms with van der Waals surface area (Å²) in [5.41, 5.74) is 20.8. The summed E-state index contributed by atoms with van der Waals surface area (Å²) in [7, 11) is 0. The molecule has 1 atom stereocenters. The number of benzene rings is 7. The Morgan fingerprint density at radius 3 is 2.00 bits per heavy atom. The van der Waals surface area contributed by atoms with Crippen LogP contribution in [-0.2, 0) is 6.42 Å². The first-order valence-corrected chi connectivity index (χ1v) is 25.6. The number of hydrogen-bond donors (Lipinski definition) is 0. The molecule has 2 aliphatic carbocycles. The Kier molecular flexibility index (Phi) is 11.7. The third-order valence-electron chi connectivity index (χ3n) is 14.1. The Balaban J connectivity index is 0.00000127. The molecule has 1 unspecified atom stereocenters. The summed E-state index contributed by atoms with van der Waals surface area (Å²) in [5, 5.41) is 5.29. The van der Waals surface area contributed by atoms with Gasteiger partial charge in [0.05, 0.1) is 27.9 Å². The van der Waals surface area contributed by atoms with Crippen LogP contribution in [0.4, 0.5) is 11.4 Å². The second-order valence-corrected chi connectivity index (χ2v) is 18.8. The van der Waals surface area contributed by atoms with E-state index in [-0.39, 0.29) is 5.92 Å². The minimum Gasteiger partial charge on any atom is -0.313 e. The van der Waals surface area contributed by atoms with Crippen molar-refractivity contribution in [1.82, 2.24) is 9.13 Å². The number of hydrogen-bond acceptors (Lipinski definition) is 2. The standard InChI is InChI=1S/C61H45N3S.2C2H6/c1-3-4-23-46-39(2)65-58-35-32-49-52-37-41(30-34-55(52)64(61(49)60(46)58)45-21-12-7-13-22-45)40-29-33-54-51(36-40)48-31-28-42(38-57(48)63(54)44-19-10-6-11-20-44)47-25-16-27-56-59(47)50-24-14-15-26-53(50)62(56)43-17-8-5-9-18-43;2*1-2/h3-27,29-30,32-36,38,52H,1,28,31,37H2,2H3;2*1-2H3/b23-4-;;. The molecule has 4 heteroatoms. The molecule has 3 nitrogen and oxygen atoms in total. The van der Waals surface area contributed by atoms with Gasteiger partial charge in [0.15, 0.2) is 0 Å². The van der Waals surface area contributed by atoms with E-state index < -0.39 is 0 Å². The maximum absolute atomic E-state index is 3.99. The number of aromatic nitrogens is 2. The summed E-state index contributed by atoms with van der Waals surface area (Å²) < 4.78 is 6.26. The molecule has 4 heterocycles. The van der Waals surface area contributed by atoms with Crippen molar-refractivity contribution >= 4 is 88.8 Å². The van der Waals surface area contributed by atoms with Crippen LogP contribution in [0.25, 0.3) is 77.5 Å². The summed E-state index contributed by atoms with van der Waals surface area (Å²) in [6.07, 6.45) is 16.4. The van der Waals surface area contributed by atoms with Gasteiger partial charge >= 0.3 is 0 Å².